The van der Waals surface area contributed by atoms with Crippen LogP contribution in [0, 0.1) is 5.92 Å². The molecule has 0 bridgehead atoms. The number of nitrogens with one attached hydrogen (secondary N) is 2. The van der Waals surface area contributed by atoms with E-state index in [-0.39, 0.29) is 11.8 Å². The Morgan fingerprint density at radius 1 is 1.63 bits per heavy atom. The van der Waals surface area contributed by atoms with Crippen molar-refractivity contribution >= 4 is 11.9 Å². The van der Waals surface area contributed by atoms with Crippen molar-refractivity contribution in [2.75, 3.05) is 13.1 Å². The van der Waals surface area contributed by atoms with E-state index in [9.17, 15) is 14.7 Å². The molecule has 2 unspecified atom stereocenters. The van der Waals surface area contributed by atoms with Gasteiger partial charge in [0.1, 0.15) is 0 Å². The maximum Gasteiger partial charge on any atom is 0.331 e. The molecule has 1 aromatic heterocycles. The van der Waals surface area contributed by atoms with Crippen LogP contribution in [0.4, 0.5) is 0 Å². The molecule has 1 aliphatic rings. The molecule has 3 N–H and O–H groups in total. The first-order valence-electron chi connectivity index (χ1n) is 6.30. The molecule has 7 nitrogen and oxygen atoms in total. The molecule has 2 heterocycles. The summed E-state index contributed by atoms with van der Waals surface area (Å²) in [6.07, 6.45) is 4.78. The highest BCUT2D eigenvalue weighted by Crippen LogP contribution is 2.15. The Labute approximate surface area is 111 Å². The Hall–Kier alpha value is -1.89. The smallest absolute Gasteiger partial charge is 0.331 e. The van der Waals surface area contributed by atoms with Crippen LogP contribution in [0.1, 0.15) is 24.4 Å². The van der Waals surface area contributed by atoms with Crippen molar-refractivity contribution in [2.45, 2.75) is 18.9 Å². The summed E-state index contributed by atoms with van der Waals surface area (Å²) >= 11 is 0. The van der Waals surface area contributed by atoms with Crippen molar-refractivity contribution in [1.29, 1.82) is 0 Å². The van der Waals surface area contributed by atoms with E-state index in [4.69, 9.17) is 0 Å². The fraction of sp³-hybridized carbons (Fsp3) is 0.583. The first-order valence-corrected chi connectivity index (χ1v) is 6.30. The largest absolute Gasteiger partial charge is 0.479 e. The van der Waals surface area contributed by atoms with E-state index in [1.807, 2.05) is 0 Å². The van der Waals surface area contributed by atoms with Crippen LogP contribution >= 0.6 is 0 Å². The summed E-state index contributed by atoms with van der Waals surface area (Å²) in [6.45, 7) is 1.51. The Bertz CT molecular complexity index is 465. The first-order chi connectivity index (χ1) is 9.08. The topological polar surface area (TPSA) is 96.2 Å². The number of amides is 1. The number of carboxylic acid groups (broad SMARTS) is 1. The van der Waals surface area contributed by atoms with Crippen LogP contribution < -0.4 is 10.6 Å². The monoisotopic (exact) mass is 266 g/mol. The zero-order valence-corrected chi connectivity index (χ0v) is 10.8. The van der Waals surface area contributed by atoms with Gasteiger partial charge in [-0.2, -0.15) is 5.10 Å². The predicted molar refractivity (Wildman–Crippen MR) is 67.3 cm³/mol. The zero-order valence-electron chi connectivity index (χ0n) is 10.8. The van der Waals surface area contributed by atoms with Gasteiger partial charge in [0.15, 0.2) is 6.04 Å². The summed E-state index contributed by atoms with van der Waals surface area (Å²) in [5.41, 5.74) is 0.479. The third-order valence-corrected chi connectivity index (χ3v) is 3.26. The maximum absolute atomic E-state index is 12.1. The second-order valence-corrected chi connectivity index (χ2v) is 4.77. The Morgan fingerprint density at radius 3 is 2.95 bits per heavy atom. The molecule has 2 atom stereocenters. The highest BCUT2D eigenvalue weighted by Gasteiger charge is 2.28. The second-order valence-electron chi connectivity index (χ2n) is 4.77. The van der Waals surface area contributed by atoms with Gasteiger partial charge < -0.3 is 15.7 Å². The lowest BCUT2D eigenvalue weighted by Gasteiger charge is -2.23. The van der Waals surface area contributed by atoms with Gasteiger partial charge in [0.05, 0.1) is 12.1 Å². The number of aliphatic carboxylic acids is 1. The van der Waals surface area contributed by atoms with E-state index in [1.165, 1.54) is 10.9 Å². The third kappa shape index (κ3) is 3.31. The van der Waals surface area contributed by atoms with E-state index < -0.39 is 12.0 Å². The number of aryl methyl sites for hydroxylation is 1. The van der Waals surface area contributed by atoms with Gasteiger partial charge in [0.25, 0.3) is 0 Å². The summed E-state index contributed by atoms with van der Waals surface area (Å²) < 4.78 is 1.51. The minimum atomic E-state index is -1.08. The van der Waals surface area contributed by atoms with Crippen LogP contribution in [0.2, 0.25) is 0 Å². The van der Waals surface area contributed by atoms with Crippen molar-refractivity contribution in [3.8, 4) is 0 Å². The predicted octanol–water partition coefficient (Wildman–Crippen LogP) is -0.338. The van der Waals surface area contributed by atoms with Crippen LogP contribution in [0.5, 0.6) is 0 Å². The number of carbonyl (C=O) groups is 2. The molecule has 104 valence electrons. The zero-order chi connectivity index (χ0) is 13.8. The van der Waals surface area contributed by atoms with Crippen LogP contribution in [-0.4, -0.2) is 39.9 Å². The number of rotatable bonds is 4. The fourth-order valence-electron chi connectivity index (χ4n) is 2.21. The van der Waals surface area contributed by atoms with Gasteiger partial charge in [-0.1, -0.05) is 0 Å². The minimum absolute atomic E-state index is 0.160. The van der Waals surface area contributed by atoms with Crippen LogP contribution in [0.15, 0.2) is 12.4 Å². The molecular formula is C12H18N4O3. The van der Waals surface area contributed by atoms with Gasteiger partial charge >= 0.3 is 5.97 Å². The second kappa shape index (κ2) is 5.83. The molecular weight excluding hydrogens is 248 g/mol. The van der Waals surface area contributed by atoms with E-state index >= 15 is 0 Å². The van der Waals surface area contributed by atoms with E-state index in [0.29, 0.717) is 12.1 Å². The maximum atomic E-state index is 12.1. The number of hydrogen-bond acceptors (Lipinski definition) is 4. The molecule has 1 aromatic rings. The first kappa shape index (κ1) is 13.5. The summed E-state index contributed by atoms with van der Waals surface area (Å²) in [5.74, 6) is -1.46. The fourth-order valence-corrected chi connectivity index (χ4v) is 2.21. The number of aromatic nitrogens is 2. The van der Waals surface area contributed by atoms with Crippen molar-refractivity contribution in [1.82, 2.24) is 20.4 Å². The van der Waals surface area contributed by atoms with Crippen LogP contribution in [0.25, 0.3) is 0 Å². The molecule has 0 aliphatic carbocycles. The SMILES string of the molecule is Cn1cc(C(NC(=O)C2CCCNC2)C(=O)O)cn1. The summed E-state index contributed by atoms with van der Waals surface area (Å²) in [6, 6.07) is -1.04. The quantitative estimate of drug-likeness (QED) is 0.693. The number of nitrogens with zero attached hydrogens (tertiary/aromatic N) is 2. The molecule has 0 spiro atoms. The average Bonchev–Trinajstić information content (AvgIpc) is 2.82. The number of hydrogen-bond donors (Lipinski definition) is 3. The molecule has 1 amide bonds. The lowest BCUT2D eigenvalue weighted by molar-refractivity contribution is -0.142. The lowest BCUT2D eigenvalue weighted by atomic mass is 9.98. The third-order valence-electron chi connectivity index (χ3n) is 3.26. The summed E-state index contributed by atoms with van der Waals surface area (Å²) in [5, 5.41) is 18.9. The van der Waals surface area contributed by atoms with E-state index in [2.05, 4.69) is 15.7 Å². The van der Waals surface area contributed by atoms with Gasteiger partial charge in [-0.15, -0.1) is 0 Å². The normalized spacial score (nSPS) is 20.8. The average molecular weight is 266 g/mol. The molecule has 7 heteroatoms. The molecule has 2 rings (SSSR count). The van der Waals surface area contributed by atoms with E-state index in [1.54, 1.807) is 13.2 Å². The highest BCUT2D eigenvalue weighted by atomic mass is 16.4. The molecule has 0 aromatic carbocycles. The molecule has 1 fully saturated rings. The summed E-state index contributed by atoms with van der Waals surface area (Å²) in [4.78, 5) is 23.3. The standard InChI is InChI=1S/C12H18N4O3/c1-16-7-9(6-14-16)10(12(18)19)15-11(17)8-3-2-4-13-5-8/h6-8,10,13H,2-5H2,1H3,(H,15,17)(H,18,19). The Kier molecular flexibility index (Phi) is 4.16. The number of carboxylic acids is 1. The van der Waals surface area contributed by atoms with Gasteiger partial charge in [-0.3, -0.25) is 9.48 Å². The van der Waals surface area contributed by atoms with Gasteiger partial charge in [-0.05, 0) is 19.4 Å². The van der Waals surface area contributed by atoms with E-state index in [0.717, 1.165) is 19.4 Å². The van der Waals surface area contributed by atoms with Crippen molar-refractivity contribution in [3.63, 3.8) is 0 Å². The van der Waals surface area contributed by atoms with Gasteiger partial charge in [-0.25, -0.2) is 4.79 Å². The molecule has 1 saturated heterocycles. The molecule has 19 heavy (non-hydrogen) atoms. The number of carbonyl (C=O) groups excluding carboxylic acids is 1. The summed E-state index contributed by atoms with van der Waals surface area (Å²) in [7, 11) is 1.70. The highest BCUT2D eigenvalue weighted by molar-refractivity contribution is 5.85. The van der Waals surface area contributed by atoms with Crippen LogP contribution in [0.3, 0.4) is 0 Å². The van der Waals surface area contributed by atoms with Crippen molar-refractivity contribution in [2.24, 2.45) is 13.0 Å². The molecule has 0 radical (unpaired) electrons. The Morgan fingerprint density at radius 2 is 2.42 bits per heavy atom. The molecule has 0 saturated carbocycles. The van der Waals surface area contributed by atoms with Crippen LogP contribution in [-0.2, 0) is 16.6 Å². The number of piperidine rings is 1. The van der Waals surface area contributed by atoms with Crippen molar-refractivity contribution < 1.29 is 14.7 Å². The lowest BCUT2D eigenvalue weighted by Crippen LogP contribution is -2.43. The minimum Gasteiger partial charge on any atom is -0.479 e. The van der Waals surface area contributed by atoms with Gasteiger partial charge in [0, 0.05) is 25.4 Å². The van der Waals surface area contributed by atoms with Crippen molar-refractivity contribution in [3.05, 3.63) is 18.0 Å². The Balaban J connectivity index is 2.04. The molecule has 1 aliphatic heterocycles. The van der Waals surface area contributed by atoms with Gasteiger partial charge in [0.2, 0.25) is 5.91 Å².